The Morgan fingerprint density at radius 3 is 2.23 bits per heavy atom. The highest BCUT2D eigenvalue weighted by molar-refractivity contribution is 7.92. The molecule has 2 heterocycles. The number of carbonyl (C=O) groups is 2. The molecular weight excluding hydrogens is 705 g/mol. The maximum atomic E-state index is 13.7. The molecule has 4 aromatic rings. The quantitative estimate of drug-likeness (QED) is 0.104. The number of ether oxygens (including phenoxy) is 2. The number of aromatic nitrogens is 1. The monoisotopic (exact) mass is 756 g/mol. The molecule has 2 atom stereocenters. The number of benzene rings is 3. The van der Waals surface area contributed by atoms with Gasteiger partial charge in [0.2, 0.25) is 0 Å². The molecule has 0 aliphatic carbocycles. The lowest BCUT2D eigenvalue weighted by Gasteiger charge is -2.42. The Balaban J connectivity index is 1.21. The molecule has 282 valence electrons. The van der Waals surface area contributed by atoms with E-state index in [2.05, 4.69) is 44.9 Å². The number of hydrogen-bond acceptors (Lipinski definition) is 8. The summed E-state index contributed by atoms with van der Waals surface area (Å²) in [5, 5.41) is -0.0169. The van der Waals surface area contributed by atoms with Gasteiger partial charge in [0.15, 0.2) is 23.9 Å². The smallest absolute Gasteiger partial charge is 0.410 e. The van der Waals surface area contributed by atoms with Gasteiger partial charge >= 0.3 is 6.09 Å². The minimum absolute atomic E-state index is 0.0169. The predicted molar refractivity (Wildman–Crippen MR) is 211 cm³/mol. The predicted octanol–water partition coefficient (Wildman–Crippen LogP) is 9.10. The second kappa shape index (κ2) is 16.0. The molecule has 0 spiro atoms. The normalized spacial score (nSPS) is 15.5. The van der Waals surface area contributed by atoms with Crippen LogP contribution in [0, 0.1) is 0 Å². The van der Waals surface area contributed by atoms with Gasteiger partial charge in [0, 0.05) is 23.5 Å². The first-order valence-electron chi connectivity index (χ1n) is 18.1. The molecule has 0 bridgehead atoms. The number of amides is 1. The van der Waals surface area contributed by atoms with Crippen molar-refractivity contribution in [2.45, 2.75) is 95.2 Å². The van der Waals surface area contributed by atoms with Gasteiger partial charge in [0.25, 0.3) is 0 Å². The molecule has 1 aromatic heterocycles. The summed E-state index contributed by atoms with van der Waals surface area (Å²) in [5.41, 5.74) is 3.62. The van der Waals surface area contributed by atoms with Gasteiger partial charge in [-0.25, -0.2) is 13.2 Å². The molecule has 0 N–H and O–H groups in total. The van der Waals surface area contributed by atoms with Crippen molar-refractivity contribution < 1.29 is 31.9 Å². The minimum Gasteiger partial charge on any atom is -0.487 e. The fourth-order valence-electron chi connectivity index (χ4n) is 5.90. The van der Waals surface area contributed by atoms with Crippen LogP contribution in [0.25, 0.3) is 11.1 Å². The number of Topliss-reactive ketones (excluding diaryl/α,β-unsaturated/α-hetero) is 1. The Morgan fingerprint density at radius 1 is 0.925 bits per heavy atom. The van der Waals surface area contributed by atoms with Crippen molar-refractivity contribution in [2.24, 2.45) is 0 Å². The van der Waals surface area contributed by atoms with Gasteiger partial charge < -0.3 is 18.8 Å². The summed E-state index contributed by atoms with van der Waals surface area (Å²) in [6.07, 6.45) is 3.88. The SMILES string of the molecule is CC(C)(C)N(C[C@H](O[Si](C)(C)C(C)(C)C)c1cccnc1)C(=O)OC[C@H]1CCc2cc(-c3ccc(C(=O)CS(=O)(=O)c4ccccc4)cc3)ccc2O1. The van der Waals surface area contributed by atoms with E-state index in [4.69, 9.17) is 13.9 Å². The molecular formula is C42H52N2O7SSi. The Hall–Kier alpha value is -4.32. The Bertz CT molecular complexity index is 1990. The lowest BCUT2D eigenvalue weighted by Crippen LogP contribution is -2.51. The molecule has 9 nitrogen and oxygen atoms in total. The number of hydrogen-bond donors (Lipinski definition) is 0. The van der Waals surface area contributed by atoms with Crippen molar-refractivity contribution in [3.63, 3.8) is 0 Å². The first-order valence-corrected chi connectivity index (χ1v) is 22.6. The van der Waals surface area contributed by atoms with E-state index in [9.17, 15) is 18.0 Å². The topological polar surface area (TPSA) is 112 Å². The van der Waals surface area contributed by atoms with Gasteiger partial charge in [-0.3, -0.25) is 9.78 Å². The zero-order valence-electron chi connectivity index (χ0n) is 32.1. The second-order valence-corrected chi connectivity index (χ2v) is 22.9. The number of ketones is 1. The minimum atomic E-state index is -3.73. The van der Waals surface area contributed by atoms with E-state index in [0.29, 0.717) is 18.5 Å². The molecule has 0 fully saturated rings. The fraction of sp³-hybridized carbons (Fsp3) is 0.405. The average Bonchev–Trinajstić information content (AvgIpc) is 3.11. The van der Waals surface area contributed by atoms with Crippen LogP contribution in [0.15, 0.2) is 102 Å². The van der Waals surface area contributed by atoms with E-state index in [0.717, 1.165) is 34.4 Å². The summed E-state index contributed by atoms with van der Waals surface area (Å²) >= 11 is 0. The zero-order valence-corrected chi connectivity index (χ0v) is 33.9. The van der Waals surface area contributed by atoms with Crippen molar-refractivity contribution in [1.29, 1.82) is 0 Å². The molecule has 1 aliphatic heterocycles. The van der Waals surface area contributed by atoms with Gasteiger partial charge in [-0.05, 0) is 104 Å². The van der Waals surface area contributed by atoms with E-state index >= 15 is 0 Å². The van der Waals surface area contributed by atoms with E-state index in [1.54, 1.807) is 41.4 Å². The van der Waals surface area contributed by atoms with Crippen LogP contribution >= 0.6 is 0 Å². The molecule has 0 saturated carbocycles. The third-order valence-corrected chi connectivity index (χ3v) is 16.2. The van der Waals surface area contributed by atoms with Crippen LogP contribution in [-0.4, -0.2) is 69.0 Å². The van der Waals surface area contributed by atoms with Gasteiger partial charge in [0.05, 0.1) is 17.5 Å². The second-order valence-electron chi connectivity index (χ2n) is 16.2. The number of sulfone groups is 1. The number of nitrogens with zero attached hydrogens (tertiary/aromatic N) is 2. The molecule has 1 amide bonds. The molecule has 53 heavy (non-hydrogen) atoms. The summed E-state index contributed by atoms with van der Waals surface area (Å²) in [5.74, 6) is -0.301. The third-order valence-electron chi connectivity index (χ3n) is 10.1. The maximum Gasteiger partial charge on any atom is 0.410 e. The van der Waals surface area contributed by atoms with Gasteiger partial charge in [-0.1, -0.05) is 75.4 Å². The highest BCUT2D eigenvalue weighted by Crippen LogP contribution is 2.40. The fourth-order valence-corrected chi connectivity index (χ4v) is 8.42. The highest BCUT2D eigenvalue weighted by atomic mass is 32.2. The number of aryl methyl sites for hydroxylation is 1. The average molecular weight is 757 g/mol. The zero-order chi connectivity index (χ0) is 38.6. The van der Waals surface area contributed by atoms with Gasteiger partial charge in [-0.15, -0.1) is 0 Å². The van der Waals surface area contributed by atoms with Crippen LogP contribution in [0.5, 0.6) is 5.75 Å². The first-order chi connectivity index (χ1) is 24.8. The van der Waals surface area contributed by atoms with E-state index in [1.165, 1.54) is 12.1 Å². The summed E-state index contributed by atoms with van der Waals surface area (Å²) < 4.78 is 44.5. The molecule has 1 aliphatic rings. The van der Waals surface area contributed by atoms with Crippen molar-refractivity contribution in [1.82, 2.24) is 9.88 Å². The number of pyridine rings is 1. The lowest BCUT2D eigenvalue weighted by molar-refractivity contribution is 0.0167. The van der Waals surface area contributed by atoms with Gasteiger partial charge in [-0.2, -0.15) is 0 Å². The van der Waals surface area contributed by atoms with Crippen LogP contribution < -0.4 is 4.74 Å². The Kier molecular flexibility index (Phi) is 12.0. The van der Waals surface area contributed by atoms with E-state index in [-0.39, 0.29) is 28.7 Å². The summed E-state index contributed by atoms with van der Waals surface area (Å²) in [6, 6.07) is 24.8. The van der Waals surface area contributed by atoms with Crippen LogP contribution in [-0.2, 0) is 25.4 Å². The lowest BCUT2D eigenvalue weighted by atomic mass is 9.96. The van der Waals surface area contributed by atoms with Crippen LogP contribution in [0.1, 0.15) is 75.6 Å². The Labute approximate surface area is 315 Å². The maximum absolute atomic E-state index is 13.7. The van der Waals surface area contributed by atoms with Crippen molar-refractivity contribution in [2.75, 3.05) is 18.9 Å². The highest BCUT2D eigenvalue weighted by Gasteiger charge is 2.41. The molecule has 0 saturated heterocycles. The molecule has 11 heteroatoms. The molecule has 5 rings (SSSR count). The van der Waals surface area contributed by atoms with Crippen molar-refractivity contribution in [3.05, 3.63) is 114 Å². The number of rotatable bonds is 12. The largest absolute Gasteiger partial charge is 0.487 e. The standard InChI is InChI=1S/C42H52N2O7SSi/c1-41(2,3)44(27-39(34-13-12-24-43-26-34)51-53(7,8)42(4,5)6)40(46)49-28-35-22-20-33-25-32(21-23-38(33)50-35)30-16-18-31(19-17-30)37(45)29-52(47,48)36-14-10-9-11-15-36/h9-19,21,23-26,35,39H,20,22,27-29H2,1-8H3/t35-,39+/m1/s1. The van der Waals surface area contributed by atoms with Crippen LogP contribution in [0.2, 0.25) is 18.1 Å². The number of fused-ring (bicyclic) bond motifs is 1. The van der Waals surface area contributed by atoms with E-state index in [1.807, 2.05) is 63.4 Å². The molecule has 3 aromatic carbocycles. The summed E-state index contributed by atoms with van der Waals surface area (Å²) in [6.45, 7) is 17.4. The summed E-state index contributed by atoms with van der Waals surface area (Å²) in [4.78, 5) is 32.8. The van der Waals surface area contributed by atoms with Crippen LogP contribution in [0.4, 0.5) is 4.79 Å². The third kappa shape index (κ3) is 10.0. The van der Waals surface area contributed by atoms with Crippen LogP contribution in [0.3, 0.4) is 0 Å². The van der Waals surface area contributed by atoms with Crippen molar-refractivity contribution >= 4 is 30.0 Å². The first kappa shape index (κ1) is 39.9. The van der Waals surface area contributed by atoms with Crippen molar-refractivity contribution in [3.8, 4) is 16.9 Å². The Morgan fingerprint density at radius 2 is 1.60 bits per heavy atom. The van der Waals surface area contributed by atoms with Gasteiger partial charge in [0.1, 0.15) is 24.2 Å². The molecule has 0 unspecified atom stereocenters. The molecule has 0 radical (unpaired) electrons. The van der Waals surface area contributed by atoms with E-state index < -0.39 is 41.3 Å². The summed E-state index contributed by atoms with van der Waals surface area (Å²) in [7, 11) is -5.93. The number of carbonyl (C=O) groups excluding carboxylic acids is 2.